The number of urea groups is 1. The summed E-state index contributed by atoms with van der Waals surface area (Å²) in [6, 6.07) is 12.9. The fourth-order valence-electron chi connectivity index (χ4n) is 3.16. The minimum atomic E-state index is -0.0998. The number of carbonyl (C=O) groups is 1. The molecule has 0 bridgehead atoms. The van der Waals surface area contributed by atoms with Crippen LogP contribution in [0, 0.1) is 6.92 Å². The lowest BCUT2D eigenvalue weighted by Gasteiger charge is -2.36. The largest absolute Gasteiger partial charge is 0.506 e. The van der Waals surface area contributed by atoms with Gasteiger partial charge in [0.25, 0.3) is 0 Å². The van der Waals surface area contributed by atoms with Gasteiger partial charge in [-0.05, 0) is 49.2 Å². The number of benzene rings is 2. The van der Waals surface area contributed by atoms with Crippen LogP contribution in [0.15, 0.2) is 42.5 Å². The highest BCUT2D eigenvalue weighted by atomic mass is 16.5. The van der Waals surface area contributed by atoms with E-state index in [0.717, 1.165) is 29.1 Å². The molecule has 1 heterocycles. The maximum Gasteiger partial charge on any atom is 0.321 e. The van der Waals surface area contributed by atoms with E-state index in [9.17, 15) is 9.90 Å². The molecule has 27 heavy (non-hydrogen) atoms. The summed E-state index contributed by atoms with van der Waals surface area (Å²) in [5.41, 5.74) is 2.59. The van der Waals surface area contributed by atoms with Crippen molar-refractivity contribution in [1.82, 2.24) is 4.90 Å². The summed E-state index contributed by atoms with van der Waals surface area (Å²) >= 11 is 0. The molecule has 3 rings (SSSR count). The zero-order valence-corrected chi connectivity index (χ0v) is 15.9. The van der Waals surface area contributed by atoms with Crippen LogP contribution in [0.4, 0.5) is 16.2 Å². The van der Waals surface area contributed by atoms with E-state index in [1.165, 1.54) is 0 Å². The van der Waals surface area contributed by atoms with Crippen molar-refractivity contribution in [2.75, 3.05) is 43.0 Å². The molecule has 2 aromatic rings. The molecule has 0 unspecified atom stereocenters. The first-order valence-corrected chi connectivity index (χ1v) is 9.41. The molecule has 0 aromatic heterocycles. The van der Waals surface area contributed by atoms with Gasteiger partial charge in [0.05, 0.1) is 12.3 Å². The van der Waals surface area contributed by atoms with Crippen LogP contribution in [0.25, 0.3) is 0 Å². The number of nitrogens with zero attached hydrogens (tertiary/aromatic N) is 2. The quantitative estimate of drug-likeness (QED) is 0.840. The smallest absolute Gasteiger partial charge is 0.321 e. The summed E-state index contributed by atoms with van der Waals surface area (Å²) < 4.78 is 5.63. The standard InChI is InChI=1S/C21H27N3O3/c1-3-14-27-17-8-9-18(16(2)15-17)22-21(26)24-12-10-23(11-13-24)19-6-4-5-7-20(19)25/h4-9,15,25H,3,10-14H2,1-2H3,(H,22,26). The van der Waals surface area contributed by atoms with Crippen molar-refractivity contribution < 1.29 is 14.6 Å². The molecule has 0 spiro atoms. The number of aromatic hydroxyl groups is 1. The molecular formula is C21H27N3O3. The Hall–Kier alpha value is -2.89. The molecule has 1 aliphatic heterocycles. The van der Waals surface area contributed by atoms with Crippen molar-refractivity contribution in [3.8, 4) is 11.5 Å². The maximum absolute atomic E-state index is 12.6. The second-order valence-electron chi connectivity index (χ2n) is 6.72. The van der Waals surface area contributed by atoms with Crippen LogP contribution >= 0.6 is 0 Å². The molecule has 0 saturated carbocycles. The zero-order valence-electron chi connectivity index (χ0n) is 15.9. The maximum atomic E-state index is 12.6. The lowest BCUT2D eigenvalue weighted by molar-refractivity contribution is 0.208. The van der Waals surface area contributed by atoms with E-state index in [2.05, 4.69) is 17.1 Å². The van der Waals surface area contributed by atoms with Gasteiger partial charge in [0, 0.05) is 31.9 Å². The van der Waals surface area contributed by atoms with Crippen LogP contribution < -0.4 is 15.0 Å². The Morgan fingerprint density at radius 2 is 1.89 bits per heavy atom. The van der Waals surface area contributed by atoms with Crippen LogP contribution in [0.3, 0.4) is 0 Å². The predicted molar refractivity (Wildman–Crippen MR) is 108 cm³/mol. The number of phenols is 1. The first-order valence-electron chi connectivity index (χ1n) is 9.41. The summed E-state index contributed by atoms with van der Waals surface area (Å²) in [4.78, 5) is 16.5. The minimum Gasteiger partial charge on any atom is -0.506 e. The lowest BCUT2D eigenvalue weighted by Crippen LogP contribution is -2.50. The van der Waals surface area contributed by atoms with Crippen molar-refractivity contribution in [3.05, 3.63) is 48.0 Å². The third-order valence-electron chi connectivity index (χ3n) is 4.70. The number of hydrogen-bond donors (Lipinski definition) is 2. The molecule has 0 radical (unpaired) electrons. The molecule has 6 heteroatoms. The van der Waals surface area contributed by atoms with Gasteiger partial charge in [0.2, 0.25) is 0 Å². The first kappa shape index (κ1) is 18.9. The van der Waals surface area contributed by atoms with Gasteiger partial charge in [0.1, 0.15) is 11.5 Å². The molecule has 6 nitrogen and oxygen atoms in total. The Morgan fingerprint density at radius 3 is 2.56 bits per heavy atom. The summed E-state index contributed by atoms with van der Waals surface area (Å²) in [6.45, 7) is 7.31. The number of rotatable bonds is 5. The highest BCUT2D eigenvalue weighted by Gasteiger charge is 2.22. The molecule has 1 aliphatic rings. The highest BCUT2D eigenvalue weighted by molar-refractivity contribution is 5.90. The SMILES string of the molecule is CCCOc1ccc(NC(=O)N2CCN(c3ccccc3O)CC2)c(C)c1. The summed E-state index contributed by atoms with van der Waals surface area (Å²) in [6.07, 6.45) is 0.963. The second-order valence-corrected chi connectivity index (χ2v) is 6.72. The van der Waals surface area contributed by atoms with Crippen LogP contribution in [-0.2, 0) is 0 Å². The normalized spacial score (nSPS) is 14.1. The molecule has 2 N–H and O–H groups in total. The van der Waals surface area contributed by atoms with Gasteiger partial charge in [-0.2, -0.15) is 0 Å². The van der Waals surface area contributed by atoms with E-state index >= 15 is 0 Å². The average Bonchev–Trinajstić information content (AvgIpc) is 2.68. The molecule has 1 saturated heterocycles. The number of aryl methyl sites for hydroxylation is 1. The van der Waals surface area contributed by atoms with E-state index in [1.54, 1.807) is 11.0 Å². The Labute approximate surface area is 160 Å². The highest BCUT2D eigenvalue weighted by Crippen LogP contribution is 2.27. The van der Waals surface area contributed by atoms with Gasteiger partial charge in [-0.3, -0.25) is 0 Å². The fourth-order valence-corrected chi connectivity index (χ4v) is 3.16. The zero-order chi connectivity index (χ0) is 19.2. The van der Waals surface area contributed by atoms with E-state index in [0.29, 0.717) is 32.8 Å². The van der Waals surface area contributed by atoms with Gasteiger partial charge in [-0.15, -0.1) is 0 Å². The number of anilines is 2. The van der Waals surface area contributed by atoms with Gasteiger partial charge < -0.3 is 25.0 Å². The van der Waals surface area contributed by atoms with Crippen LogP contribution in [0.5, 0.6) is 11.5 Å². The Kier molecular flexibility index (Phi) is 6.06. The third-order valence-corrected chi connectivity index (χ3v) is 4.70. The number of para-hydroxylation sites is 2. The molecular weight excluding hydrogens is 342 g/mol. The van der Waals surface area contributed by atoms with Crippen LogP contribution in [0.2, 0.25) is 0 Å². The van der Waals surface area contributed by atoms with Gasteiger partial charge >= 0.3 is 6.03 Å². The number of phenolic OH excluding ortho intramolecular Hbond substituents is 1. The lowest BCUT2D eigenvalue weighted by atomic mass is 10.2. The molecule has 0 atom stereocenters. The Morgan fingerprint density at radius 1 is 1.15 bits per heavy atom. The number of nitrogens with one attached hydrogen (secondary N) is 1. The molecule has 2 amide bonds. The molecule has 0 aliphatic carbocycles. The van der Waals surface area contributed by atoms with Gasteiger partial charge in [-0.1, -0.05) is 19.1 Å². The van der Waals surface area contributed by atoms with E-state index in [-0.39, 0.29) is 11.8 Å². The summed E-state index contributed by atoms with van der Waals surface area (Å²) in [5, 5.41) is 13.0. The van der Waals surface area contributed by atoms with E-state index < -0.39 is 0 Å². The second kappa shape index (κ2) is 8.66. The Bertz CT molecular complexity index is 786. The van der Waals surface area contributed by atoms with Crippen molar-refractivity contribution in [2.45, 2.75) is 20.3 Å². The number of amides is 2. The number of piperazine rings is 1. The fraction of sp³-hybridized carbons (Fsp3) is 0.381. The number of ether oxygens (including phenoxy) is 1. The summed E-state index contributed by atoms with van der Waals surface area (Å²) in [7, 11) is 0. The third kappa shape index (κ3) is 4.64. The molecule has 144 valence electrons. The molecule has 1 fully saturated rings. The van der Waals surface area contributed by atoms with Gasteiger partial charge in [0.15, 0.2) is 0 Å². The number of carbonyl (C=O) groups excluding carboxylic acids is 1. The number of hydrogen-bond acceptors (Lipinski definition) is 4. The van der Waals surface area contributed by atoms with Crippen LogP contribution in [0.1, 0.15) is 18.9 Å². The predicted octanol–water partition coefficient (Wildman–Crippen LogP) is 3.84. The Balaban J connectivity index is 1.56. The topological polar surface area (TPSA) is 65.0 Å². The minimum absolute atomic E-state index is 0.0998. The van der Waals surface area contributed by atoms with Crippen molar-refractivity contribution in [3.63, 3.8) is 0 Å². The van der Waals surface area contributed by atoms with Crippen molar-refractivity contribution >= 4 is 17.4 Å². The monoisotopic (exact) mass is 369 g/mol. The summed E-state index contributed by atoms with van der Waals surface area (Å²) in [5.74, 6) is 1.10. The van der Waals surface area contributed by atoms with Crippen LogP contribution in [-0.4, -0.2) is 48.8 Å². The van der Waals surface area contributed by atoms with E-state index in [4.69, 9.17) is 4.74 Å². The van der Waals surface area contributed by atoms with E-state index in [1.807, 2.05) is 43.3 Å². The molecule has 2 aromatic carbocycles. The first-order chi connectivity index (χ1) is 13.1. The van der Waals surface area contributed by atoms with Crippen molar-refractivity contribution in [2.24, 2.45) is 0 Å². The van der Waals surface area contributed by atoms with Gasteiger partial charge in [-0.25, -0.2) is 4.79 Å². The average molecular weight is 369 g/mol. The van der Waals surface area contributed by atoms with Crippen molar-refractivity contribution in [1.29, 1.82) is 0 Å².